The largest absolute Gasteiger partial charge is 0.465 e. The standard InChI is InChI=1S/C17H15F6N3O3S2/c1-3-11(13(28)29-4-2)30-15-26-25-14(31-15)24-12(27)8-5-9(16(18,19)20)7-10(6-8)17(21,22)23/h5-7,11H,3-4H2,1-2H3,(H,24,25,27)/t11-/m1/s1. The van der Waals surface area contributed by atoms with Crippen LogP contribution in [0.1, 0.15) is 41.8 Å². The molecule has 1 atom stereocenters. The number of rotatable bonds is 7. The van der Waals surface area contributed by atoms with Crippen molar-refractivity contribution >= 4 is 40.1 Å². The first-order valence-corrected chi connectivity index (χ1v) is 10.3. The summed E-state index contributed by atoms with van der Waals surface area (Å²) in [6, 6.07) is 0.557. The van der Waals surface area contributed by atoms with Crippen molar-refractivity contribution in [2.75, 3.05) is 11.9 Å². The van der Waals surface area contributed by atoms with Gasteiger partial charge in [-0.05, 0) is 31.5 Å². The van der Waals surface area contributed by atoms with Crippen LogP contribution in [0.3, 0.4) is 0 Å². The van der Waals surface area contributed by atoms with Gasteiger partial charge in [0.2, 0.25) is 5.13 Å². The van der Waals surface area contributed by atoms with Crippen molar-refractivity contribution in [1.29, 1.82) is 0 Å². The van der Waals surface area contributed by atoms with Gasteiger partial charge in [-0.2, -0.15) is 26.3 Å². The third-order valence-corrected chi connectivity index (χ3v) is 5.91. The van der Waals surface area contributed by atoms with Gasteiger partial charge in [0.15, 0.2) is 4.34 Å². The average Bonchev–Trinajstić information content (AvgIpc) is 3.11. The number of halogens is 6. The number of nitrogens with one attached hydrogen (secondary N) is 1. The van der Waals surface area contributed by atoms with E-state index in [9.17, 15) is 35.9 Å². The van der Waals surface area contributed by atoms with E-state index in [1.807, 2.05) is 0 Å². The van der Waals surface area contributed by atoms with Gasteiger partial charge in [-0.3, -0.25) is 14.9 Å². The van der Waals surface area contributed by atoms with Crippen LogP contribution in [-0.4, -0.2) is 33.9 Å². The Kier molecular flexibility index (Phi) is 7.92. The van der Waals surface area contributed by atoms with E-state index in [1.165, 1.54) is 0 Å². The molecule has 2 rings (SSSR count). The van der Waals surface area contributed by atoms with Gasteiger partial charge in [-0.25, -0.2) is 0 Å². The third kappa shape index (κ3) is 6.82. The Balaban J connectivity index is 2.21. The molecule has 14 heteroatoms. The highest BCUT2D eigenvalue weighted by atomic mass is 32.2. The minimum Gasteiger partial charge on any atom is -0.465 e. The molecule has 0 radical (unpaired) electrons. The molecule has 1 aromatic heterocycles. The topological polar surface area (TPSA) is 81.2 Å². The number of esters is 1. The predicted octanol–water partition coefficient (Wildman–Crippen LogP) is 5.26. The van der Waals surface area contributed by atoms with E-state index in [1.54, 1.807) is 13.8 Å². The molecular formula is C17H15F6N3O3S2. The van der Waals surface area contributed by atoms with Crippen molar-refractivity contribution < 1.29 is 40.7 Å². The van der Waals surface area contributed by atoms with E-state index in [2.05, 4.69) is 15.5 Å². The molecule has 1 heterocycles. The van der Waals surface area contributed by atoms with E-state index in [0.29, 0.717) is 18.6 Å². The van der Waals surface area contributed by atoms with E-state index in [0.717, 1.165) is 23.1 Å². The number of benzene rings is 1. The fraction of sp³-hybridized carbons (Fsp3) is 0.412. The molecule has 1 amide bonds. The molecule has 6 nitrogen and oxygen atoms in total. The Hall–Kier alpha value is -2.35. The summed E-state index contributed by atoms with van der Waals surface area (Å²) in [7, 11) is 0. The summed E-state index contributed by atoms with van der Waals surface area (Å²) in [4.78, 5) is 24.1. The second kappa shape index (κ2) is 9.85. The van der Waals surface area contributed by atoms with Crippen molar-refractivity contribution in [3.63, 3.8) is 0 Å². The second-order valence-electron chi connectivity index (χ2n) is 5.89. The van der Waals surface area contributed by atoms with Gasteiger partial charge in [0, 0.05) is 5.56 Å². The summed E-state index contributed by atoms with van der Waals surface area (Å²) in [5.41, 5.74) is -4.06. The van der Waals surface area contributed by atoms with Gasteiger partial charge < -0.3 is 4.74 Å². The highest BCUT2D eigenvalue weighted by Crippen LogP contribution is 2.37. The van der Waals surface area contributed by atoms with Crippen LogP contribution in [0.25, 0.3) is 0 Å². The molecule has 0 aliphatic heterocycles. The number of hydrogen-bond donors (Lipinski definition) is 1. The highest BCUT2D eigenvalue weighted by Gasteiger charge is 2.37. The minimum atomic E-state index is -5.08. The number of aromatic nitrogens is 2. The average molecular weight is 487 g/mol. The molecule has 2 aromatic rings. The predicted molar refractivity (Wildman–Crippen MR) is 101 cm³/mol. The molecule has 31 heavy (non-hydrogen) atoms. The monoisotopic (exact) mass is 487 g/mol. The van der Waals surface area contributed by atoms with Crippen LogP contribution in [0.4, 0.5) is 31.5 Å². The fourth-order valence-corrected chi connectivity index (χ4v) is 4.13. The third-order valence-electron chi connectivity index (χ3n) is 3.64. The van der Waals surface area contributed by atoms with Crippen LogP contribution in [0.5, 0.6) is 0 Å². The maximum Gasteiger partial charge on any atom is 0.416 e. The lowest BCUT2D eigenvalue weighted by molar-refractivity contribution is -0.144. The van der Waals surface area contributed by atoms with E-state index in [-0.39, 0.29) is 22.1 Å². The molecule has 0 fully saturated rings. The van der Waals surface area contributed by atoms with Gasteiger partial charge in [0.25, 0.3) is 5.91 Å². The Morgan fingerprint density at radius 1 is 1.06 bits per heavy atom. The van der Waals surface area contributed by atoms with Crippen molar-refractivity contribution in [3.05, 3.63) is 34.9 Å². The number of ether oxygens (including phenoxy) is 1. The van der Waals surface area contributed by atoms with Crippen molar-refractivity contribution in [1.82, 2.24) is 10.2 Å². The highest BCUT2D eigenvalue weighted by molar-refractivity contribution is 8.02. The Bertz CT molecular complexity index is 914. The first-order chi connectivity index (χ1) is 14.3. The number of anilines is 1. The SMILES string of the molecule is CCOC(=O)[C@@H](CC)Sc1nnc(NC(=O)c2cc(C(F)(F)F)cc(C(F)(F)F)c2)s1. The van der Waals surface area contributed by atoms with Crippen LogP contribution in [-0.2, 0) is 21.9 Å². The lowest BCUT2D eigenvalue weighted by atomic mass is 10.0. The van der Waals surface area contributed by atoms with Gasteiger partial charge in [-0.1, -0.05) is 30.0 Å². The quantitative estimate of drug-likeness (QED) is 0.248. The van der Waals surface area contributed by atoms with Gasteiger partial charge in [0.05, 0.1) is 17.7 Å². The summed E-state index contributed by atoms with van der Waals surface area (Å²) in [6.45, 7) is 3.57. The first-order valence-electron chi connectivity index (χ1n) is 8.62. The van der Waals surface area contributed by atoms with Gasteiger partial charge in [-0.15, -0.1) is 10.2 Å². The number of thioether (sulfide) groups is 1. The lowest BCUT2D eigenvalue weighted by Crippen LogP contribution is -2.19. The van der Waals surface area contributed by atoms with Crippen LogP contribution >= 0.6 is 23.1 Å². The molecule has 1 N–H and O–H groups in total. The second-order valence-corrected chi connectivity index (χ2v) is 8.32. The summed E-state index contributed by atoms with van der Waals surface area (Å²) in [5, 5.41) is 8.77. The minimum absolute atomic E-state index is 0.0727. The zero-order chi connectivity index (χ0) is 23.4. The molecule has 0 spiro atoms. The van der Waals surface area contributed by atoms with E-state index in [4.69, 9.17) is 4.74 Å². The van der Waals surface area contributed by atoms with Gasteiger partial charge >= 0.3 is 18.3 Å². The van der Waals surface area contributed by atoms with Crippen molar-refractivity contribution in [3.8, 4) is 0 Å². The van der Waals surface area contributed by atoms with E-state index < -0.39 is 46.2 Å². The van der Waals surface area contributed by atoms with Crippen LogP contribution in [0.15, 0.2) is 22.5 Å². The van der Waals surface area contributed by atoms with Crippen LogP contribution in [0.2, 0.25) is 0 Å². The fourth-order valence-electron chi connectivity index (χ4n) is 2.22. The Labute approximate surface area is 180 Å². The van der Waals surface area contributed by atoms with Gasteiger partial charge in [0.1, 0.15) is 5.25 Å². The number of carbonyl (C=O) groups excluding carboxylic acids is 2. The smallest absolute Gasteiger partial charge is 0.416 e. The van der Waals surface area contributed by atoms with Crippen molar-refractivity contribution in [2.45, 2.75) is 42.2 Å². The summed E-state index contributed by atoms with van der Waals surface area (Å²) >= 11 is 1.82. The van der Waals surface area contributed by atoms with Crippen LogP contribution < -0.4 is 5.32 Å². The Morgan fingerprint density at radius 3 is 2.13 bits per heavy atom. The maximum absolute atomic E-state index is 12.9. The molecule has 0 bridgehead atoms. The molecule has 0 aliphatic rings. The summed E-state index contributed by atoms with van der Waals surface area (Å²) < 4.78 is 82.8. The Morgan fingerprint density at radius 2 is 1.65 bits per heavy atom. The normalized spacial score (nSPS) is 13.0. The molecular weight excluding hydrogens is 472 g/mol. The zero-order valence-electron chi connectivity index (χ0n) is 15.9. The number of hydrogen-bond acceptors (Lipinski definition) is 7. The summed E-state index contributed by atoms with van der Waals surface area (Å²) in [6.07, 6.45) is -9.74. The summed E-state index contributed by atoms with van der Waals surface area (Å²) in [5.74, 6) is -1.69. The number of alkyl halides is 6. The molecule has 0 unspecified atom stereocenters. The molecule has 0 saturated carbocycles. The molecule has 170 valence electrons. The number of amides is 1. The molecule has 0 aliphatic carbocycles. The maximum atomic E-state index is 12.9. The molecule has 1 aromatic carbocycles. The molecule has 0 saturated heterocycles. The number of carbonyl (C=O) groups is 2. The first kappa shape index (κ1) is 24.9. The number of nitrogens with zero attached hydrogens (tertiary/aromatic N) is 2. The zero-order valence-corrected chi connectivity index (χ0v) is 17.6. The van der Waals surface area contributed by atoms with Crippen LogP contribution in [0, 0.1) is 0 Å². The van der Waals surface area contributed by atoms with Crippen molar-refractivity contribution in [2.24, 2.45) is 0 Å². The lowest BCUT2D eigenvalue weighted by Gasteiger charge is -2.13. The van der Waals surface area contributed by atoms with E-state index >= 15 is 0 Å².